The highest BCUT2D eigenvalue weighted by Crippen LogP contribution is 2.42. The van der Waals surface area contributed by atoms with Crippen molar-refractivity contribution in [2.75, 3.05) is 10.2 Å². The Morgan fingerprint density at radius 3 is 1.64 bits per heavy atom. The topological polar surface area (TPSA) is 15.3 Å². The Morgan fingerprint density at radius 1 is 0.429 bits per heavy atom. The summed E-state index contributed by atoms with van der Waals surface area (Å²) in [7, 11) is 0. The zero-order valence-corrected chi connectivity index (χ0v) is 31.4. The molecule has 56 heavy (non-hydrogen) atoms. The smallest absolute Gasteiger partial charge is 0.0539 e. The monoisotopic (exact) mass is 720 g/mol. The first-order valence-electron chi connectivity index (χ1n) is 19.6. The molecule has 0 radical (unpaired) electrons. The molecule has 0 bridgehead atoms. The van der Waals surface area contributed by atoms with Crippen molar-refractivity contribution >= 4 is 28.3 Å². The number of nitrogens with zero attached hydrogens (tertiary/aromatic N) is 1. The molecule has 9 rings (SSSR count). The molecular weight excluding hydrogens is 677 g/mol. The van der Waals surface area contributed by atoms with Crippen LogP contribution in [0.15, 0.2) is 230 Å². The number of benzene rings is 7. The van der Waals surface area contributed by atoms with E-state index in [2.05, 4.69) is 235 Å². The van der Waals surface area contributed by atoms with Crippen LogP contribution in [0.1, 0.15) is 41.4 Å². The molecular formula is C54H44N2. The van der Waals surface area contributed by atoms with E-state index in [0.29, 0.717) is 11.8 Å². The molecule has 0 fully saturated rings. The Kier molecular flexibility index (Phi) is 10.1. The lowest BCUT2D eigenvalue weighted by atomic mass is 9.88. The van der Waals surface area contributed by atoms with Crippen LogP contribution in [0.5, 0.6) is 0 Å². The Balaban J connectivity index is 1.02. The van der Waals surface area contributed by atoms with Gasteiger partial charge >= 0.3 is 0 Å². The fourth-order valence-corrected chi connectivity index (χ4v) is 8.00. The van der Waals surface area contributed by atoms with Gasteiger partial charge in [-0.3, -0.25) is 0 Å². The normalized spacial score (nSPS) is 16.1. The van der Waals surface area contributed by atoms with E-state index in [4.69, 9.17) is 0 Å². The summed E-state index contributed by atoms with van der Waals surface area (Å²) in [5.74, 6) is 0.711. The average Bonchev–Trinajstić information content (AvgIpc) is 3.29. The predicted molar refractivity (Wildman–Crippen MR) is 238 cm³/mol. The Bertz CT molecular complexity index is 2530. The van der Waals surface area contributed by atoms with Gasteiger partial charge in [-0.1, -0.05) is 182 Å². The number of hydrogen-bond acceptors (Lipinski definition) is 2. The minimum atomic E-state index is 0.351. The highest BCUT2D eigenvalue weighted by atomic mass is 15.1. The molecule has 0 amide bonds. The number of anilines is 4. The van der Waals surface area contributed by atoms with E-state index in [-0.39, 0.29) is 0 Å². The van der Waals surface area contributed by atoms with Crippen LogP contribution in [0.4, 0.5) is 22.7 Å². The van der Waals surface area contributed by atoms with Crippen LogP contribution in [0.25, 0.3) is 27.8 Å². The molecule has 7 aromatic carbocycles. The number of nitrogens with one attached hydrogen (secondary N) is 1. The molecule has 2 aliphatic carbocycles. The SMILES string of the molecule is C1=CC(c2ccc(N(C3=CCC(c4ccccc4)C=C3)c3ccccc3-c3ccc(Nc4ccccc4-c4ccccc4)cc3)cc2)CC=C1c1ccccc1. The molecule has 0 spiro atoms. The third-order valence-electron chi connectivity index (χ3n) is 11.0. The fraction of sp³-hybridized carbons (Fsp3) is 0.0741. The largest absolute Gasteiger partial charge is 0.355 e. The number of para-hydroxylation sites is 2. The standard InChI is InChI=1S/C54H44N2/c1-4-14-40(15-5-1)42-24-26-43(27-25-42)45-32-38-50(39-33-45)56(49-36-30-44(31-37-49)41-16-6-2-7-17-41)54-23-13-11-21-52(54)47-28-34-48(35-29-47)55-53-22-12-10-20-51(53)46-18-8-3-9-19-46/h1-26,28-30,32-39,43-44,55H,27,31H2. The molecule has 2 heteroatoms. The van der Waals surface area contributed by atoms with E-state index in [1.165, 1.54) is 50.2 Å². The van der Waals surface area contributed by atoms with Gasteiger partial charge in [-0.2, -0.15) is 0 Å². The van der Waals surface area contributed by atoms with Crippen LogP contribution in [-0.2, 0) is 0 Å². The summed E-state index contributed by atoms with van der Waals surface area (Å²) in [6.45, 7) is 0. The lowest BCUT2D eigenvalue weighted by Gasteiger charge is -2.31. The molecule has 0 aliphatic heterocycles. The second kappa shape index (κ2) is 16.2. The van der Waals surface area contributed by atoms with E-state index in [0.717, 1.165) is 35.6 Å². The molecule has 2 atom stereocenters. The van der Waals surface area contributed by atoms with Crippen molar-refractivity contribution in [3.05, 3.63) is 247 Å². The number of rotatable bonds is 10. The molecule has 0 heterocycles. The Morgan fingerprint density at radius 2 is 0.982 bits per heavy atom. The maximum absolute atomic E-state index is 3.69. The highest BCUT2D eigenvalue weighted by molar-refractivity contribution is 5.87. The Hall–Kier alpha value is -6.90. The zero-order chi connectivity index (χ0) is 37.5. The summed E-state index contributed by atoms with van der Waals surface area (Å²) in [5.41, 5.74) is 15.6. The fourth-order valence-electron chi connectivity index (χ4n) is 8.00. The van der Waals surface area contributed by atoms with Crippen LogP contribution in [0.2, 0.25) is 0 Å². The van der Waals surface area contributed by atoms with Gasteiger partial charge in [-0.15, -0.1) is 0 Å². The minimum Gasteiger partial charge on any atom is -0.355 e. The lowest BCUT2D eigenvalue weighted by molar-refractivity contribution is 0.839. The zero-order valence-electron chi connectivity index (χ0n) is 31.4. The summed E-state index contributed by atoms with van der Waals surface area (Å²) in [5, 5.41) is 3.69. The van der Waals surface area contributed by atoms with Crippen molar-refractivity contribution < 1.29 is 0 Å². The van der Waals surface area contributed by atoms with Gasteiger partial charge < -0.3 is 10.2 Å². The third-order valence-corrected chi connectivity index (χ3v) is 11.0. The van der Waals surface area contributed by atoms with Crippen molar-refractivity contribution in [2.24, 2.45) is 0 Å². The molecule has 0 saturated heterocycles. The summed E-state index contributed by atoms with van der Waals surface area (Å²) in [6.07, 6.45) is 16.0. The average molecular weight is 721 g/mol. The second-order valence-corrected chi connectivity index (χ2v) is 14.5. The van der Waals surface area contributed by atoms with Gasteiger partial charge in [0, 0.05) is 45.7 Å². The number of allylic oxidation sites excluding steroid dienone is 7. The van der Waals surface area contributed by atoms with Crippen LogP contribution in [0, 0.1) is 0 Å². The first-order chi connectivity index (χ1) is 27.8. The summed E-state index contributed by atoms with van der Waals surface area (Å²) in [6, 6.07) is 67.4. The predicted octanol–water partition coefficient (Wildman–Crippen LogP) is 14.7. The van der Waals surface area contributed by atoms with Gasteiger partial charge in [0.25, 0.3) is 0 Å². The van der Waals surface area contributed by atoms with E-state index >= 15 is 0 Å². The lowest BCUT2D eigenvalue weighted by Crippen LogP contribution is -2.18. The van der Waals surface area contributed by atoms with Crippen molar-refractivity contribution in [3.63, 3.8) is 0 Å². The molecule has 1 N–H and O–H groups in total. The summed E-state index contributed by atoms with van der Waals surface area (Å²) < 4.78 is 0. The van der Waals surface area contributed by atoms with Crippen LogP contribution < -0.4 is 10.2 Å². The van der Waals surface area contributed by atoms with Gasteiger partial charge in [-0.25, -0.2) is 0 Å². The first-order valence-corrected chi connectivity index (χ1v) is 19.6. The van der Waals surface area contributed by atoms with Crippen molar-refractivity contribution in [1.29, 1.82) is 0 Å². The third kappa shape index (κ3) is 7.56. The molecule has 2 unspecified atom stereocenters. The van der Waals surface area contributed by atoms with Gasteiger partial charge in [0.15, 0.2) is 0 Å². The van der Waals surface area contributed by atoms with Crippen molar-refractivity contribution in [2.45, 2.75) is 24.7 Å². The highest BCUT2D eigenvalue weighted by Gasteiger charge is 2.22. The van der Waals surface area contributed by atoms with Gasteiger partial charge in [0.2, 0.25) is 0 Å². The Labute approximate surface area is 331 Å². The van der Waals surface area contributed by atoms with E-state index < -0.39 is 0 Å². The molecule has 0 aromatic heterocycles. The summed E-state index contributed by atoms with van der Waals surface area (Å²) in [4.78, 5) is 2.43. The molecule has 270 valence electrons. The first kappa shape index (κ1) is 34.8. The molecule has 2 aliphatic rings. The van der Waals surface area contributed by atoms with Crippen LogP contribution in [-0.4, -0.2) is 0 Å². The van der Waals surface area contributed by atoms with Gasteiger partial charge in [0.05, 0.1) is 5.69 Å². The minimum absolute atomic E-state index is 0.351. The van der Waals surface area contributed by atoms with E-state index in [1.807, 2.05) is 0 Å². The van der Waals surface area contributed by atoms with Gasteiger partial charge in [0.1, 0.15) is 0 Å². The molecule has 7 aromatic rings. The maximum Gasteiger partial charge on any atom is 0.0539 e. The second-order valence-electron chi connectivity index (χ2n) is 14.5. The van der Waals surface area contributed by atoms with E-state index in [1.54, 1.807) is 0 Å². The van der Waals surface area contributed by atoms with Crippen molar-refractivity contribution in [1.82, 2.24) is 0 Å². The molecule has 2 nitrogen and oxygen atoms in total. The van der Waals surface area contributed by atoms with Gasteiger partial charge in [-0.05, 0) is 88.7 Å². The molecule has 0 saturated carbocycles. The van der Waals surface area contributed by atoms with Crippen molar-refractivity contribution in [3.8, 4) is 22.3 Å². The number of hydrogen-bond donors (Lipinski definition) is 1. The quantitative estimate of drug-likeness (QED) is 0.151. The maximum atomic E-state index is 3.69. The van der Waals surface area contributed by atoms with Crippen LogP contribution >= 0.6 is 0 Å². The van der Waals surface area contributed by atoms with E-state index in [9.17, 15) is 0 Å². The summed E-state index contributed by atoms with van der Waals surface area (Å²) >= 11 is 0. The van der Waals surface area contributed by atoms with Crippen LogP contribution in [0.3, 0.4) is 0 Å².